The Morgan fingerprint density at radius 1 is 0.914 bits per heavy atom. The summed E-state index contributed by atoms with van der Waals surface area (Å²) in [6, 6.07) is 26.7. The maximum atomic E-state index is 12.9. The zero-order valence-corrected chi connectivity index (χ0v) is 19.0. The molecule has 0 fully saturated rings. The fourth-order valence-corrected chi connectivity index (χ4v) is 3.53. The molecule has 0 radical (unpaired) electrons. The maximum Gasteiger partial charge on any atom is 0.270 e. The number of hydroxylamine groups is 1. The second-order valence-corrected chi connectivity index (χ2v) is 7.84. The van der Waals surface area contributed by atoms with Crippen LogP contribution in [0.5, 0.6) is 5.75 Å². The molecular weight excluding hydrogens is 442 g/mol. The predicted octanol–water partition coefficient (Wildman–Crippen LogP) is 4.30. The number of carbonyl (C=O) groups is 2. The van der Waals surface area contributed by atoms with Crippen molar-refractivity contribution in [1.29, 1.82) is 0 Å². The topological polar surface area (TPSA) is 101 Å². The number of nitrogens with zero attached hydrogens (tertiary/aromatic N) is 1. The van der Waals surface area contributed by atoms with Gasteiger partial charge in [-0.2, -0.15) is 0 Å². The Labute approximate surface area is 203 Å². The molecule has 0 atom stereocenters. The molecule has 0 aliphatic carbocycles. The van der Waals surface area contributed by atoms with Gasteiger partial charge in [-0.25, -0.2) is 10.5 Å². The van der Waals surface area contributed by atoms with Crippen molar-refractivity contribution in [3.05, 3.63) is 113 Å². The molecule has 4 rings (SSSR count). The van der Waals surface area contributed by atoms with Gasteiger partial charge in [0.05, 0.1) is 12.1 Å². The summed E-state index contributed by atoms with van der Waals surface area (Å²) in [5.74, 6) is -0.278. The van der Waals surface area contributed by atoms with Gasteiger partial charge in [-0.1, -0.05) is 66.7 Å². The lowest BCUT2D eigenvalue weighted by Crippen LogP contribution is -2.24. The van der Waals surface area contributed by atoms with Crippen LogP contribution in [0.1, 0.15) is 27.2 Å². The molecule has 3 N–H and O–H groups in total. The first-order valence-corrected chi connectivity index (χ1v) is 11.2. The molecule has 0 aliphatic heterocycles. The molecule has 1 aromatic heterocycles. The van der Waals surface area contributed by atoms with E-state index in [0.717, 1.165) is 22.9 Å². The minimum Gasteiger partial charge on any atom is -0.492 e. The molecule has 4 aromatic rings. The van der Waals surface area contributed by atoms with Gasteiger partial charge in [0.1, 0.15) is 11.4 Å². The summed E-state index contributed by atoms with van der Waals surface area (Å²) < 4.78 is 6.07. The van der Waals surface area contributed by atoms with E-state index < -0.39 is 5.91 Å². The Balaban J connectivity index is 1.42. The highest BCUT2D eigenvalue weighted by Crippen LogP contribution is 2.25. The molecule has 176 valence electrons. The molecule has 1 heterocycles. The van der Waals surface area contributed by atoms with Crippen LogP contribution in [0.4, 0.5) is 0 Å². The number of benzene rings is 3. The van der Waals surface area contributed by atoms with Crippen molar-refractivity contribution in [3.63, 3.8) is 0 Å². The fraction of sp³-hybridized carbons (Fsp3) is 0.107. The Kier molecular flexibility index (Phi) is 7.83. The number of hydrogen-bond acceptors (Lipinski definition) is 5. The third-order valence-corrected chi connectivity index (χ3v) is 5.37. The van der Waals surface area contributed by atoms with E-state index in [1.54, 1.807) is 17.6 Å². The average Bonchev–Trinajstić information content (AvgIpc) is 2.91. The van der Waals surface area contributed by atoms with Gasteiger partial charge in [-0.3, -0.25) is 14.8 Å². The van der Waals surface area contributed by atoms with Gasteiger partial charge < -0.3 is 10.1 Å². The molecule has 0 spiro atoms. The largest absolute Gasteiger partial charge is 0.492 e. The number of para-hydroxylation sites is 1. The molecule has 7 nitrogen and oxygen atoms in total. The molecule has 0 saturated heterocycles. The molecule has 35 heavy (non-hydrogen) atoms. The summed E-state index contributed by atoms with van der Waals surface area (Å²) in [6.45, 7) is 0.804. The van der Waals surface area contributed by atoms with Gasteiger partial charge in [-0.15, -0.1) is 0 Å². The molecule has 0 unspecified atom stereocenters. The van der Waals surface area contributed by atoms with Gasteiger partial charge in [0.15, 0.2) is 0 Å². The molecule has 0 aliphatic rings. The van der Waals surface area contributed by atoms with Crippen LogP contribution in [0.3, 0.4) is 0 Å². The third kappa shape index (κ3) is 6.52. The Morgan fingerprint density at radius 3 is 2.43 bits per heavy atom. The average molecular weight is 468 g/mol. The summed E-state index contributed by atoms with van der Waals surface area (Å²) in [6.07, 6.45) is 3.56. The van der Waals surface area contributed by atoms with Crippen molar-refractivity contribution in [2.75, 3.05) is 6.61 Å². The fourth-order valence-electron chi connectivity index (χ4n) is 3.53. The van der Waals surface area contributed by atoms with Crippen molar-refractivity contribution >= 4 is 28.8 Å². The minimum absolute atomic E-state index is 0.285. The number of ether oxygens (including phenoxy) is 1. The predicted molar refractivity (Wildman–Crippen MR) is 134 cm³/mol. The van der Waals surface area contributed by atoms with Gasteiger partial charge >= 0.3 is 0 Å². The zero-order chi connectivity index (χ0) is 24.5. The smallest absolute Gasteiger partial charge is 0.270 e. The Hall–Kier alpha value is -4.49. The van der Waals surface area contributed by atoms with E-state index >= 15 is 0 Å². The van der Waals surface area contributed by atoms with Gasteiger partial charge in [0.25, 0.3) is 11.8 Å². The molecular formula is C28H25N3O4. The van der Waals surface area contributed by atoms with Crippen molar-refractivity contribution in [2.24, 2.45) is 0 Å². The number of carbonyl (C=O) groups excluding carboxylic acids is 2. The number of rotatable bonds is 9. The lowest BCUT2D eigenvalue weighted by Gasteiger charge is -2.12. The standard InChI is InChI=1S/C28H25N3O4/c32-27(31-34)15-14-21-10-12-22(13-11-21)19-29-28(33)25-18-26(23-8-4-5-9-24(23)30-25)35-17-16-20-6-2-1-3-7-20/h1-15,18,34H,16-17,19H2,(H,29,33)(H,31,32)/b15-14+. The maximum absolute atomic E-state index is 12.9. The monoisotopic (exact) mass is 467 g/mol. The first-order valence-electron chi connectivity index (χ1n) is 11.2. The van der Waals surface area contributed by atoms with Crippen LogP contribution >= 0.6 is 0 Å². The van der Waals surface area contributed by atoms with E-state index in [-0.39, 0.29) is 11.6 Å². The van der Waals surface area contributed by atoms with E-state index in [9.17, 15) is 9.59 Å². The van der Waals surface area contributed by atoms with Gasteiger partial charge in [-0.05, 0) is 34.9 Å². The molecule has 0 bridgehead atoms. The van der Waals surface area contributed by atoms with Crippen molar-refractivity contribution in [1.82, 2.24) is 15.8 Å². The lowest BCUT2D eigenvalue weighted by molar-refractivity contribution is -0.124. The zero-order valence-electron chi connectivity index (χ0n) is 19.0. The summed E-state index contributed by atoms with van der Waals surface area (Å²) in [4.78, 5) is 28.5. The summed E-state index contributed by atoms with van der Waals surface area (Å²) in [7, 11) is 0. The summed E-state index contributed by atoms with van der Waals surface area (Å²) in [5, 5.41) is 12.3. The number of amides is 2. The minimum atomic E-state index is -0.604. The summed E-state index contributed by atoms with van der Waals surface area (Å²) >= 11 is 0. The SMILES string of the molecule is O=C(/C=C/c1ccc(CNC(=O)c2cc(OCCc3ccccc3)c3ccccc3n2)cc1)NO. The highest BCUT2D eigenvalue weighted by Gasteiger charge is 2.13. The van der Waals surface area contributed by atoms with E-state index in [1.165, 1.54) is 11.6 Å². The Bertz CT molecular complexity index is 1340. The van der Waals surface area contributed by atoms with Crippen molar-refractivity contribution in [3.8, 4) is 5.75 Å². The number of hydrogen-bond donors (Lipinski definition) is 3. The third-order valence-electron chi connectivity index (χ3n) is 5.37. The lowest BCUT2D eigenvalue weighted by atomic mass is 10.1. The highest BCUT2D eigenvalue weighted by molar-refractivity contribution is 5.97. The second kappa shape index (κ2) is 11.6. The molecule has 7 heteroatoms. The van der Waals surface area contributed by atoms with Crippen LogP contribution in [0, 0.1) is 0 Å². The number of aromatic nitrogens is 1. The first-order chi connectivity index (χ1) is 17.1. The van der Waals surface area contributed by atoms with Crippen LogP contribution < -0.4 is 15.5 Å². The van der Waals surface area contributed by atoms with Gasteiger partial charge in [0.2, 0.25) is 0 Å². The molecule has 0 saturated carbocycles. The van der Waals surface area contributed by atoms with Crippen molar-refractivity contribution in [2.45, 2.75) is 13.0 Å². The number of nitrogens with one attached hydrogen (secondary N) is 2. The van der Waals surface area contributed by atoms with E-state index in [0.29, 0.717) is 24.4 Å². The second-order valence-electron chi connectivity index (χ2n) is 7.84. The van der Waals surface area contributed by atoms with Crippen LogP contribution in [-0.2, 0) is 17.8 Å². The van der Waals surface area contributed by atoms with Crippen molar-refractivity contribution < 1.29 is 19.5 Å². The highest BCUT2D eigenvalue weighted by atomic mass is 16.5. The van der Waals surface area contributed by atoms with E-state index in [2.05, 4.69) is 22.4 Å². The van der Waals surface area contributed by atoms with Crippen LogP contribution in [0.25, 0.3) is 17.0 Å². The molecule has 2 amide bonds. The van der Waals surface area contributed by atoms with Crippen LogP contribution in [0.15, 0.2) is 91.0 Å². The van der Waals surface area contributed by atoms with Crippen LogP contribution in [0.2, 0.25) is 0 Å². The Morgan fingerprint density at radius 2 is 1.66 bits per heavy atom. The first kappa shape index (κ1) is 23.7. The number of fused-ring (bicyclic) bond motifs is 1. The number of pyridine rings is 1. The van der Waals surface area contributed by atoms with E-state index in [1.807, 2.05) is 66.7 Å². The van der Waals surface area contributed by atoms with Gasteiger partial charge in [0, 0.05) is 30.5 Å². The molecule has 3 aromatic carbocycles. The summed E-state index contributed by atoms with van der Waals surface area (Å²) in [5.41, 5.74) is 5.38. The quantitative estimate of drug-likeness (QED) is 0.194. The van der Waals surface area contributed by atoms with E-state index in [4.69, 9.17) is 9.94 Å². The normalized spacial score (nSPS) is 10.9. The van der Waals surface area contributed by atoms with Crippen LogP contribution in [-0.4, -0.2) is 28.6 Å².